The maximum atomic E-state index is 12.1. The Hall–Kier alpha value is -2.51. The number of thioether (sulfide) groups is 1. The van der Waals surface area contributed by atoms with Gasteiger partial charge in [-0.1, -0.05) is 23.4 Å². The molecular formula is C18H15ClN4O2S. The monoisotopic (exact) mass is 386 g/mol. The number of furan rings is 1. The zero-order chi connectivity index (χ0) is 18.1. The summed E-state index contributed by atoms with van der Waals surface area (Å²) in [6.07, 6.45) is 1.58. The Labute approximate surface area is 158 Å². The average Bonchev–Trinajstić information content (AvgIpc) is 3.28. The Balaban J connectivity index is 1.56. The molecule has 0 fully saturated rings. The van der Waals surface area contributed by atoms with Crippen molar-refractivity contribution in [3.63, 3.8) is 0 Å². The van der Waals surface area contributed by atoms with Crippen LogP contribution in [0.2, 0.25) is 5.02 Å². The molecule has 4 rings (SSSR count). The molecule has 0 atom stereocenters. The highest BCUT2D eigenvalue weighted by atomic mass is 35.5. The largest absolute Gasteiger partial charge is 0.467 e. The van der Waals surface area contributed by atoms with Crippen molar-refractivity contribution in [3.8, 4) is 0 Å². The summed E-state index contributed by atoms with van der Waals surface area (Å²) in [6, 6.07) is 11.3. The van der Waals surface area contributed by atoms with Crippen LogP contribution in [0, 0.1) is 6.92 Å². The summed E-state index contributed by atoms with van der Waals surface area (Å²) in [5, 5.41) is 13.7. The number of nitrogens with one attached hydrogen (secondary N) is 1. The Kier molecular flexibility index (Phi) is 4.57. The molecule has 1 aromatic carbocycles. The maximum Gasteiger partial charge on any atom is 0.230 e. The van der Waals surface area contributed by atoms with Crippen LogP contribution in [-0.4, -0.2) is 26.3 Å². The van der Waals surface area contributed by atoms with Gasteiger partial charge in [0.2, 0.25) is 5.91 Å². The molecule has 6 nitrogen and oxygen atoms in total. The van der Waals surface area contributed by atoms with Crippen molar-refractivity contribution in [2.45, 2.75) is 18.6 Å². The predicted molar refractivity (Wildman–Crippen MR) is 102 cm³/mol. The number of carbonyl (C=O) groups is 1. The first-order valence-electron chi connectivity index (χ1n) is 7.98. The minimum absolute atomic E-state index is 0.0948. The molecule has 0 aliphatic carbocycles. The standard InChI is InChI=1S/C18H15ClN4O2S/c1-11-7-16-21-22-18(23(16)15-5-4-12(19)8-14(11)15)26-10-17(24)20-9-13-3-2-6-25-13/h2-8H,9-10H2,1H3,(H,20,24). The summed E-state index contributed by atoms with van der Waals surface area (Å²) in [7, 11) is 0. The topological polar surface area (TPSA) is 72.4 Å². The zero-order valence-electron chi connectivity index (χ0n) is 13.9. The number of carbonyl (C=O) groups excluding carboxylic acids is 1. The summed E-state index contributed by atoms with van der Waals surface area (Å²) in [5.41, 5.74) is 2.79. The third-order valence-electron chi connectivity index (χ3n) is 4.00. The summed E-state index contributed by atoms with van der Waals surface area (Å²) in [5.74, 6) is 0.863. The van der Waals surface area contributed by atoms with E-state index < -0.39 is 0 Å². The molecular weight excluding hydrogens is 372 g/mol. The number of amides is 1. The Bertz CT molecular complexity index is 1090. The van der Waals surface area contributed by atoms with Gasteiger partial charge in [-0.2, -0.15) is 0 Å². The lowest BCUT2D eigenvalue weighted by atomic mass is 10.1. The van der Waals surface area contributed by atoms with Gasteiger partial charge >= 0.3 is 0 Å². The lowest BCUT2D eigenvalue weighted by Gasteiger charge is -2.08. The Morgan fingerprint density at radius 2 is 2.19 bits per heavy atom. The maximum absolute atomic E-state index is 12.1. The molecule has 132 valence electrons. The van der Waals surface area contributed by atoms with Gasteiger partial charge in [-0.25, -0.2) is 0 Å². The molecule has 0 unspecified atom stereocenters. The molecule has 0 saturated heterocycles. The van der Waals surface area contributed by atoms with Gasteiger partial charge in [0.25, 0.3) is 0 Å². The summed E-state index contributed by atoms with van der Waals surface area (Å²) in [6.45, 7) is 2.38. The Morgan fingerprint density at radius 3 is 3.00 bits per heavy atom. The number of benzene rings is 1. The fourth-order valence-electron chi connectivity index (χ4n) is 2.77. The zero-order valence-corrected chi connectivity index (χ0v) is 15.5. The molecule has 3 aromatic heterocycles. The quantitative estimate of drug-likeness (QED) is 0.527. The SMILES string of the molecule is Cc1cc2nnc(SCC(=O)NCc3ccco3)n2c2ccc(Cl)cc12. The first-order valence-corrected chi connectivity index (χ1v) is 9.34. The van der Waals surface area contributed by atoms with Crippen LogP contribution in [0.25, 0.3) is 16.6 Å². The highest BCUT2D eigenvalue weighted by Gasteiger charge is 2.13. The smallest absolute Gasteiger partial charge is 0.230 e. The molecule has 0 bridgehead atoms. The molecule has 0 aliphatic rings. The van der Waals surface area contributed by atoms with E-state index in [0.29, 0.717) is 16.7 Å². The van der Waals surface area contributed by atoms with E-state index in [1.54, 1.807) is 12.3 Å². The second-order valence-corrected chi connectivity index (χ2v) is 7.19. The number of halogens is 1. The van der Waals surface area contributed by atoms with E-state index in [0.717, 1.165) is 27.9 Å². The number of aromatic nitrogens is 3. The number of rotatable bonds is 5. The van der Waals surface area contributed by atoms with E-state index in [1.165, 1.54) is 11.8 Å². The number of fused-ring (bicyclic) bond motifs is 3. The molecule has 8 heteroatoms. The Morgan fingerprint density at radius 1 is 1.31 bits per heavy atom. The predicted octanol–water partition coefficient (Wildman–Crippen LogP) is 3.85. The van der Waals surface area contributed by atoms with Crippen LogP contribution in [-0.2, 0) is 11.3 Å². The fraction of sp³-hybridized carbons (Fsp3) is 0.167. The highest BCUT2D eigenvalue weighted by Crippen LogP contribution is 2.27. The lowest BCUT2D eigenvalue weighted by Crippen LogP contribution is -2.24. The van der Waals surface area contributed by atoms with Crippen LogP contribution >= 0.6 is 23.4 Å². The number of hydrogen-bond donors (Lipinski definition) is 1. The van der Waals surface area contributed by atoms with Crippen molar-refractivity contribution in [3.05, 3.63) is 59.0 Å². The van der Waals surface area contributed by atoms with Gasteiger partial charge in [0.05, 0.1) is 24.1 Å². The molecule has 1 N–H and O–H groups in total. The fourth-order valence-corrected chi connectivity index (χ4v) is 3.72. The van der Waals surface area contributed by atoms with Gasteiger partial charge in [0.1, 0.15) is 5.76 Å². The third kappa shape index (κ3) is 3.27. The molecule has 1 amide bonds. The lowest BCUT2D eigenvalue weighted by molar-refractivity contribution is -0.118. The first kappa shape index (κ1) is 16.9. The minimum Gasteiger partial charge on any atom is -0.467 e. The molecule has 26 heavy (non-hydrogen) atoms. The van der Waals surface area contributed by atoms with E-state index in [9.17, 15) is 4.79 Å². The van der Waals surface area contributed by atoms with E-state index >= 15 is 0 Å². The van der Waals surface area contributed by atoms with Gasteiger partial charge < -0.3 is 9.73 Å². The van der Waals surface area contributed by atoms with E-state index in [4.69, 9.17) is 16.0 Å². The van der Waals surface area contributed by atoms with Crippen LogP contribution in [0.4, 0.5) is 0 Å². The van der Waals surface area contributed by atoms with Crippen molar-refractivity contribution >= 4 is 45.8 Å². The van der Waals surface area contributed by atoms with E-state index in [1.807, 2.05) is 41.7 Å². The number of pyridine rings is 1. The molecule has 0 spiro atoms. The number of aryl methyl sites for hydroxylation is 1. The van der Waals surface area contributed by atoms with Crippen LogP contribution in [0.15, 0.2) is 52.2 Å². The van der Waals surface area contributed by atoms with Crippen molar-refractivity contribution in [1.29, 1.82) is 0 Å². The van der Waals surface area contributed by atoms with Crippen LogP contribution in [0.3, 0.4) is 0 Å². The normalized spacial score (nSPS) is 11.3. The van der Waals surface area contributed by atoms with Crippen molar-refractivity contribution in [2.75, 3.05) is 5.75 Å². The van der Waals surface area contributed by atoms with Gasteiger partial charge in [-0.05, 0) is 48.9 Å². The number of nitrogens with zero attached hydrogens (tertiary/aromatic N) is 3. The minimum atomic E-state index is -0.0948. The summed E-state index contributed by atoms with van der Waals surface area (Å²) in [4.78, 5) is 12.1. The second-order valence-electron chi connectivity index (χ2n) is 5.81. The average molecular weight is 387 g/mol. The van der Waals surface area contributed by atoms with Crippen LogP contribution < -0.4 is 5.32 Å². The van der Waals surface area contributed by atoms with Crippen LogP contribution in [0.1, 0.15) is 11.3 Å². The van der Waals surface area contributed by atoms with Crippen molar-refractivity contribution in [2.24, 2.45) is 0 Å². The van der Waals surface area contributed by atoms with Crippen LogP contribution in [0.5, 0.6) is 0 Å². The van der Waals surface area contributed by atoms with Gasteiger partial charge in [0, 0.05) is 10.4 Å². The highest BCUT2D eigenvalue weighted by molar-refractivity contribution is 7.99. The van der Waals surface area contributed by atoms with Gasteiger partial charge in [-0.3, -0.25) is 9.20 Å². The second kappa shape index (κ2) is 7.01. The number of hydrogen-bond acceptors (Lipinski definition) is 5. The molecule has 0 saturated carbocycles. The summed E-state index contributed by atoms with van der Waals surface area (Å²) >= 11 is 7.47. The van der Waals surface area contributed by atoms with E-state index in [2.05, 4.69) is 15.5 Å². The molecule has 0 radical (unpaired) electrons. The summed E-state index contributed by atoms with van der Waals surface area (Å²) < 4.78 is 7.15. The third-order valence-corrected chi connectivity index (χ3v) is 5.16. The molecule has 3 heterocycles. The van der Waals surface area contributed by atoms with Gasteiger partial charge in [-0.15, -0.1) is 10.2 Å². The molecule has 0 aliphatic heterocycles. The van der Waals surface area contributed by atoms with Crippen molar-refractivity contribution < 1.29 is 9.21 Å². The van der Waals surface area contributed by atoms with Gasteiger partial charge in [0.15, 0.2) is 10.8 Å². The van der Waals surface area contributed by atoms with Crippen molar-refractivity contribution in [1.82, 2.24) is 19.9 Å². The molecule has 4 aromatic rings. The van der Waals surface area contributed by atoms with E-state index in [-0.39, 0.29) is 11.7 Å². The first-order chi connectivity index (χ1) is 12.6.